The lowest BCUT2D eigenvalue weighted by molar-refractivity contribution is -0.207. The van der Waals surface area contributed by atoms with Gasteiger partial charge in [0.15, 0.2) is 6.23 Å². The van der Waals surface area contributed by atoms with Crippen molar-refractivity contribution in [2.45, 2.75) is 72.0 Å². The molecule has 0 aliphatic carbocycles. The van der Waals surface area contributed by atoms with Gasteiger partial charge in [-0.1, -0.05) is 6.92 Å². The summed E-state index contributed by atoms with van der Waals surface area (Å²) in [7, 11) is 1.34. The van der Waals surface area contributed by atoms with Crippen LogP contribution in [0.15, 0.2) is 0 Å². The maximum Gasteiger partial charge on any atom is 0.490 e. The molecule has 0 aliphatic heterocycles. The number of hydrogen-bond donors (Lipinski definition) is 2. The number of H-pyrrole nitrogens is 1. The number of carbonyl (C=O) groups is 3. The van der Waals surface area contributed by atoms with E-state index in [0.29, 0.717) is 5.56 Å². The van der Waals surface area contributed by atoms with Crippen LogP contribution in [0.2, 0.25) is 0 Å². The van der Waals surface area contributed by atoms with Crippen molar-refractivity contribution in [2.75, 3.05) is 20.3 Å². The molecule has 2 N–H and O–H groups in total. The second-order valence-electron chi connectivity index (χ2n) is 7.96. The topological polar surface area (TPSA) is 116 Å². The highest BCUT2D eigenvalue weighted by atomic mass is 19.4. The molecule has 0 saturated heterocycles. The average molecular weight is 480 g/mol. The van der Waals surface area contributed by atoms with Crippen molar-refractivity contribution in [3.63, 3.8) is 0 Å². The first kappa shape index (κ1) is 28.4. The molecule has 12 heteroatoms. The Morgan fingerprint density at radius 1 is 1.09 bits per heavy atom. The van der Waals surface area contributed by atoms with Crippen molar-refractivity contribution < 1.29 is 46.5 Å². The highest BCUT2D eigenvalue weighted by molar-refractivity contribution is 5.99. The van der Waals surface area contributed by atoms with Crippen molar-refractivity contribution in [2.24, 2.45) is 0 Å². The van der Waals surface area contributed by atoms with Crippen LogP contribution in [0.4, 0.5) is 13.2 Å². The van der Waals surface area contributed by atoms with Gasteiger partial charge in [0.25, 0.3) is 0 Å². The van der Waals surface area contributed by atoms with E-state index in [1.165, 1.54) is 7.11 Å². The molecular weight excluding hydrogens is 449 g/mol. The fraction of sp³-hybridized carbons (Fsp3) is 0.667. The Kier molecular flexibility index (Phi) is 10.4. The summed E-state index contributed by atoms with van der Waals surface area (Å²) in [5.41, 5.74) is -0.169. The second kappa shape index (κ2) is 12.0. The molecule has 1 heterocycles. The van der Waals surface area contributed by atoms with Crippen LogP contribution >= 0.6 is 0 Å². The summed E-state index contributed by atoms with van der Waals surface area (Å²) in [6.45, 7) is 8.23. The zero-order chi connectivity index (χ0) is 25.4. The zero-order valence-corrected chi connectivity index (χ0v) is 19.6. The molecule has 1 aromatic heterocycles. The van der Waals surface area contributed by atoms with Crippen molar-refractivity contribution in [1.29, 1.82) is 0 Å². The lowest BCUT2D eigenvalue weighted by Gasteiger charge is -2.20. The van der Waals surface area contributed by atoms with E-state index in [4.69, 9.17) is 14.2 Å². The first-order valence-electron chi connectivity index (χ1n) is 10.4. The third-order valence-corrected chi connectivity index (χ3v) is 4.19. The molecule has 0 fully saturated rings. The largest absolute Gasteiger partial charge is 0.490 e. The van der Waals surface area contributed by atoms with Gasteiger partial charge >= 0.3 is 24.1 Å². The Morgan fingerprint density at radius 3 is 2.21 bits per heavy atom. The molecule has 33 heavy (non-hydrogen) atoms. The average Bonchev–Trinajstić information content (AvgIpc) is 3.06. The molecule has 0 bridgehead atoms. The van der Waals surface area contributed by atoms with E-state index in [-0.39, 0.29) is 49.6 Å². The number of aromatic amines is 1. The van der Waals surface area contributed by atoms with Gasteiger partial charge in [-0.05, 0) is 39.7 Å². The summed E-state index contributed by atoms with van der Waals surface area (Å²) in [5.74, 6) is -3.77. The van der Waals surface area contributed by atoms with Gasteiger partial charge in [-0.15, -0.1) is 0 Å². The number of halogens is 3. The fourth-order valence-electron chi connectivity index (χ4n) is 2.87. The highest BCUT2D eigenvalue weighted by Gasteiger charge is 2.42. The van der Waals surface area contributed by atoms with E-state index in [0.717, 1.165) is 0 Å². The minimum absolute atomic E-state index is 0.00162. The van der Waals surface area contributed by atoms with Gasteiger partial charge in [-0.25, -0.2) is 14.4 Å². The van der Waals surface area contributed by atoms with Crippen LogP contribution in [-0.2, 0) is 36.7 Å². The third-order valence-electron chi connectivity index (χ3n) is 4.19. The maximum absolute atomic E-state index is 12.7. The van der Waals surface area contributed by atoms with Crippen LogP contribution in [0.3, 0.4) is 0 Å². The van der Waals surface area contributed by atoms with E-state index in [1.807, 2.05) is 0 Å². The minimum Gasteiger partial charge on any atom is -0.462 e. The van der Waals surface area contributed by atoms with Crippen molar-refractivity contribution in [3.8, 4) is 0 Å². The number of aromatic nitrogens is 1. The van der Waals surface area contributed by atoms with E-state index < -0.39 is 35.9 Å². The molecule has 0 aromatic carbocycles. The standard InChI is InChI=1S/C21H31F3N2O7/c1-7-12-15(17(27)31-8-2)13(26-16(12)18(28)33-20(3,4)5)11-25-14(9-10-30-6)32-19(29)21(22,23)24/h14,25-26H,7-11H2,1-6H3. The number of alkyl halides is 3. The van der Waals surface area contributed by atoms with Crippen molar-refractivity contribution in [3.05, 3.63) is 22.5 Å². The van der Waals surface area contributed by atoms with Crippen LogP contribution in [-0.4, -0.2) is 61.2 Å². The Bertz CT molecular complexity index is 829. The summed E-state index contributed by atoms with van der Waals surface area (Å²) >= 11 is 0. The third kappa shape index (κ3) is 8.69. The summed E-state index contributed by atoms with van der Waals surface area (Å²) in [5, 5.41) is 2.65. The molecule has 188 valence electrons. The minimum atomic E-state index is -5.17. The van der Waals surface area contributed by atoms with Gasteiger partial charge in [0, 0.05) is 25.8 Å². The molecular formula is C21H31F3N2O7. The van der Waals surface area contributed by atoms with Crippen molar-refractivity contribution in [1.82, 2.24) is 10.3 Å². The van der Waals surface area contributed by atoms with Crippen LogP contribution in [0, 0.1) is 0 Å². The molecule has 1 unspecified atom stereocenters. The number of methoxy groups -OCH3 is 1. The van der Waals surface area contributed by atoms with Gasteiger partial charge < -0.3 is 23.9 Å². The van der Waals surface area contributed by atoms with Crippen LogP contribution < -0.4 is 5.32 Å². The second-order valence-corrected chi connectivity index (χ2v) is 7.96. The maximum atomic E-state index is 12.7. The Hall–Kier alpha value is -2.60. The molecule has 1 atom stereocenters. The van der Waals surface area contributed by atoms with Crippen molar-refractivity contribution >= 4 is 17.9 Å². The first-order chi connectivity index (χ1) is 15.2. The molecule has 9 nitrogen and oxygen atoms in total. The Labute approximate surface area is 190 Å². The van der Waals surface area contributed by atoms with E-state index in [1.54, 1.807) is 34.6 Å². The Morgan fingerprint density at radius 2 is 1.73 bits per heavy atom. The SMILES string of the molecule is CCOC(=O)c1c(CNC(CCOC)OC(=O)C(F)(F)F)[nH]c(C(=O)OC(C)(C)C)c1CC. The summed E-state index contributed by atoms with van der Waals surface area (Å²) in [6, 6.07) is 0. The summed E-state index contributed by atoms with van der Waals surface area (Å²) < 4.78 is 57.7. The first-order valence-corrected chi connectivity index (χ1v) is 10.4. The predicted octanol–water partition coefficient (Wildman–Crippen LogP) is 3.27. The quantitative estimate of drug-likeness (QED) is 0.282. The molecule has 0 spiro atoms. The zero-order valence-electron chi connectivity index (χ0n) is 19.6. The number of rotatable bonds is 11. The van der Waals surface area contributed by atoms with Gasteiger partial charge in [0.05, 0.1) is 18.8 Å². The molecule has 0 aliphatic rings. The van der Waals surface area contributed by atoms with E-state index in [2.05, 4.69) is 15.0 Å². The monoisotopic (exact) mass is 480 g/mol. The highest BCUT2D eigenvalue weighted by Crippen LogP contribution is 2.24. The normalized spacial score (nSPS) is 12.9. The van der Waals surface area contributed by atoms with E-state index in [9.17, 15) is 27.6 Å². The Balaban J connectivity index is 3.27. The predicted molar refractivity (Wildman–Crippen MR) is 111 cm³/mol. The van der Waals surface area contributed by atoms with Gasteiger partial charge in [0.2, 0.25) is 0 Å². The number of carbonyl (C=O) groups excluding carboxylic acids is 3. The number of ether oxygens (including phenoxy) is 4. The smallest absolute Gasteiger partial charge is 0.462 e. The number of esters is 3. The number of nitrogens with one attached hydrogen (secondary N) is 2. The van der Waals surface area contributed by atoms with Crippen LogP contribution in [0.25, 0.3) is 0 Å². The molecule has 0 saturated carbocycles. The van der Waals surface area contributed by atoms with Crippen LogP contribution in [0.1, 0.15) is 73.1 Å². The van der Waals surface area contributed by atoms with E-state index >= 15 is 0 Å². The lowest BCUT2D eigenvalue weighted by Crippen LogP contribution is -2.39. The molecule has 1 aromatic rings. The molecule has 1 rings (SSSR count). The van der Waals surface area contributed by atoms with Gasteiger partial charge in [-0.3, -0.25) is 5.32 Å². The fourth-order valence-corrected chi connectivity index (χ4v) is 2.87. The summed E-state index contributed by atoms with van der Waals surface area (Å²) in [6.07, 6.45) is -6.36. The molecule has 0 radical (unpaired) electrons. The lowest BCUT2D eigenvalue weighted by atomic mass is 10.1. The summed E-state index contributed by atoms with van der Waals surface area (Å²) in [4.78, 5) is 39.4. The number of hydrogen-bond acceptors (Lipinski definition) is 8. The molecule has 0 amide bonds. The van der Waals surface area contributed by atoms with Crippen LogP contribution in [0.5, 0.6) is 0 Å². The van der Waals surface area contributed by atoms with Gasteiger partial charge in [-0.2, -0.15) is 13.2 Å². The van der Waals surface area contributed by atoms with Gasteiger partial charge in [0.1, 0.15) is 11.3 Å².